The van der Waals surface area contributed by atoms with E-state index in [1.807, 2.05) is 0 Å². The molecule has 0 aliphatic heterocycles. The highest BCUT2D eigenvalue weighted by molar-refractivity contribution is 7.84. The van der Waals surface area contributed by atoms with Gasteiger partial charge in [-0.1, -0.05) is 45.9 Å². The Hall–Kier alpha value is -1.94. The second-order valence-electron chi connectivity index (χ2n) is 8.47. The number of benzene rings is 2. The zero-order valence-corrected chi connectivity index (χ0v) is 16.7. The zero-order chi connectivity index (χ0) is 19.1. The SMILES string of the molecule is CC1(C)CCC(C)(C)c2cc(CS(=O)c3ccc(C(=O)O)cc3)ccc21. The van der Waals surface area contributed by atoms with Crippen LogP contribution in [0.25, 0.3) is 0 Å². The predicted octanol–water partition coefficient (Wildman–Crippen LogP) is 5.04. The van der Waals surface area contributed by atoms with E-state index in [1.54, 1.807) is 12.1 Å². The highest BCUT2D eigenvalue weighted by Gasteiger charge is 2.36. The second-order valence-corrected chi connectivity index (χ2v) is 9.92. The van der Waals surface area contributed by atoms with Gasteiger partial charge in [-0.2, -0.15) is 0 Å². The maximum absolute atomic E-state index is 12.7. The molecule has 1 unspecified atom stereocenters. The average molecular weight is 371 g/mol. The van der Waals surface area contributed by atoms with Gasteiger partial charge >= 0.3 is 5.97 Å². The van der Waals surface area contributed by atoms with Crippen molar-refractivity contribution in [3.05, 3.63) is 64.7 Å². The lowest BCUT2D eigenvalue weighted by atomic mass is 9.63. The Morgan fingerprint density at radius 2 is 1.54 bits per heavy atom. The fraction of sp³-hybridized carbons (Fsp3) is 0.409. The molecule has 0 amide bonds. The van der Waals surface area contributed by atoms with Gasteiger partial charge in [0, 0.05) is 4.90 Å². The first kappa shape index (κ1) is 18.8. The number of carboxylic acid groups (broad SMARTS) is 1. The molecule has 0 saturated heterocycles. The van der Waals surface area contributed by atoms with E-state index in [0.29, 0.717) is 10.6 Å². The molecule has 0 bridgehead atoms. The van der Waals surface area contributed by atoms with Crippen molar-refractivity contribution < 1.29 is 14.1 Å². The van der Waals surface area contributed by atoms with Gasteiger partial charge in [-0.3, -0.25) is 4.21 Å². The van der Waals surface area contributed by atoms with Crippen molar-refractivity contribution in [2.75, 3.05) is 0 Å². The summed E-state index contributed by atoms with van der Waals surface area (Å²) in [6.07, 6.45) is 2.32. The molecular weight excluding hydrogens is 344 g/mol. The molecule has 0 radical (unpaired) electrons. The van der Waals surface area contributed by atoms with E-state index < -0.39 is 16.8 Å². The Bertz CT molecular complexity index is 863. The first-order chi connectivity index (χ1) is 12.1. The fourth-order valence-electron chi connectivity index (χ4n) is 3.71. The van der Waals surface area contributed by atoms with Crippen LogP contribution in [-0.2, 0) is 27.4 Å². The Labute approximate surface area is 157 Å². The quantitative estimate of drug-likeness (QED) is 0.820. The maximum atomic E-state index is 12.7. The summed E-state index contributed by atoms with van der Waals surface area (Å²) in [5, 5.41) is 8.98. The van der Waals surface area contributed by atoms with Gasteiger partial charge in [0.25, 0.3) is 0 Å². The van der Waals surface area contributed by atoms with Gasteiger partial charge in [-0.15, -0.1) is 0 Å². The highest BCUT2D eigenvalue weighted by atomic mass is 32.2. The van der Waals surface area contributed by atoms with Crippen LogP contribution in [-0.4, -0.2) is 15.3 Å². The largest absolute Gasteiger partial charge is 0.478 e. The summed E-state index contributed by atoms with van der Waals surface area (Å²) in [7, 11) is -1.19. The summed E-state index contributed by atoms with van der Waals surface area (Å²) in [6.45, 7) is 9.16. The molecule has 0 aromatic heterocycles. The summed E-state index contributed by atoms with van der Waals surface area (Å²) in [5.74, 6) is -0.530. The molecule has 0 saturated carbocycles. The molecule has 2 aromatic rings. The zero-order valence-electron chi connectivity index (χ0n) is 15.8. The van der Waals surface area contributed by atoms with Crippen LogP contribution in [0.5, 0.6) is 0 Å². The maximum Gasteiger partial charge on any atom is 0.335 e. The van der Waals surface area contributed by atoms with E-state index in [-0.39, 0.29) is 16.4 Å². The molecule has 26 heavy (non-hydrogen) atoms. The van der Waals surface area contributed by atoms with Crippen molar-refractivity contribution >= 4 is 16.8 Å². The van der Waals surface area contributed by atoms with Crippen molar-refractivity contribution in [3.63, 3.8) is 0 Å². The van der Waals surface area contributed by atoms with Gasteiger partial charge in [0.1, 0.15) is 0 Å². The number of carbonyl (C=O) groups is 1. The number of hydrogen-bond donors (Lipinski definition) is 1. The minimum atomic E-state index is -1.19. The fourth-order valence-corrected chi connectivity index (χ4v) is 4.80. The molecule has 1 aliphatic rings. The van der Waals surface area contributed by atoms with E-state index >= 15 is 0 Å². The predicted molar refractivity (Wildman–Crippen MR) is 105 cm³/mol. The summed E-state index contributed by atoms with van der Waals surface area (Å²) >= 11 is 0. The number of carboxylic acids is 1. The van der Waals surface area contributed by atoms with Crippen molar-refractivity contribution in [3.8, 4) is 0 Å². The van der Waals surface area contributed by atoms with Gasteiger partial charge in [-0.25, -0.2) is 4.79 Å². The Balaban J connectivity index is 1.87. The number of rotatable bonds is 4. The molecule has 0 spiro atoms. The summed E-state index contributed by atoms with van der Waals surface area (Å²) in [5.41, 5.74) is 4.35. The van der Waals surface area contributed by atoms with E-state index in [0.717, 1.165) is 12.0 Å². The molecule has 1 N–H and O–H groups in total. The smallest absolute Gasteiger partial charge is 0.335 e. The molecule has 0 heterocycles. The summed E-state index contributed by atoms with van der Waals surface area (Å²) in [6, 6.07) is 12.8. The first-order valence-corrected chi connectivity index (χ1v) is 10.3. The van der Waals surface area contributed by atoms with E-state index in [4.69, 9.17) is 5.11 Å². The molecule has 1 atom stereocenters. The van der Waals surface area contributed by atoms with Gasteiger partial charge in [-0.05, 0) is 64.6 Å². The molecule has 138 valence electrons. The van der Waals surface area contributed by atoms with Crippen molar-refractivity contribution in [1.82, 2.24) is 0 Å². The number of fused-ring (bicyclic) bond motifs is 1. The summed E-state index contributed by atoms with van der Waals surface area (Å²) < 4.78 is 12.7. The topological polar surface area (TPSA) is 54.4 Å². The third kappa shape index (κ3) is 3.61. The highest BCUT2D eigenvalue weighted by Crippen LogP contribution is 2.46. The molecule has 3 rings (SSSR count). The molecule has 4 heteroatoms. The van der Waals surface area contributed by atoms with Crippen molar-refractivity contribution in [2.45, 2.75) is 62.0 Å². The first-order valence-electron chi connectivity index (χ1n) is 8.96. The minimum Gasteiger partial charge on any atom is -0.478 e. The van der Waals surface area contributed by atoms with Crippen LogP contribution in [0.2, 0.25) is 0 Å². The lowest BCUT2D eigenvalue weighted by molar-refractivity contribution is 0.0697. The lowest BCUT2D eigenvalue weighted by Gasteiger charge is -2.42. The lowest BCUT2D eigenvalue weighted by Crippen LogP contribution is -2.33. The monoisotopic (exact) mass is 370 g/mol. The van der Waals surface area contributed by atoms with Crippen molar-refractivity contribution in [2.24, 2.45) is 0 Å². The third-order valence-corrected chi connectivity index (χ3v) is 6.97. The van der Waals surface area contributed by atoms with E-state index in [1.165, 1.54) is 29.7 Å². The Morgan fingerprint density at radius 3 is 2.12 bits per heavy atom. The van der Waals surface area contributed by atoms with Crippen LogP contribution in [0.15, 0.2) is 47.4 Å². The Morgan fingerprint density at radius 1 is 0.962 bits per heavy atom. The second kappa shape index (κ2) is 6.66. The van der Waals surface area contributed by atoms with Crippen LogP contribution < -0.4 is 0 Å². The average Bonchev–Trinajstić information content (AvgIpc) is 2.59. The molecule has 1 aliphatic carbocycles. The summed E-state index contributed by atoms with van der Waals surface area (Å²) in [4.78, 5) is 11.6. The number of hydrogen-bond acceptors (Lipinski definition) is 2. The van der Waals surface area contributed by atoms with Crippen molar-refractivity contribution in [1.29, 1.82) is 0 Å². The van der Waals surface area contributed by atoms with Gasteiger partial charge < -0.3 is 5.11 Å². The van der Waals surface area contributed by atoms with Crippen LogP contribution in [0.4, 0.5) is 0 Å². The van der Waals surface area contributed by atoms with E-state index in [2.05, 4.69) is 45.9 Å². The van der Waals surface area contributed by atoms with Crippen LogP contribution >= 0.6 is 0 Å². The van der Waals surface area contributed by atoms with Crippen LogP contribution in [0.3, 0.4) is 0 Å². The molecule has 0 fully saturated rings. The molecular formula is C22H26O3S. The normalized spacial score (nSPS) is 18.8. The molecule has 2 aromatic carbocycles. The van der Waals surface area contributed by atoms with Gasteiger partial charge in [0.05, 0.1) is 22.1 Å². The molecule has 3 nitrogen and oxygen atoms in total. The van der Waals surface area contributed by atoms with Crippen LogP contribution in [0, 0.1) is 0 Å². The Kier molecular flexibility index (Phi) is 4.82. The van der Waals surface area contributed by atoms with Gasteiger partial charge in [0.2, 0.25) is 0 Å². The number of aromatic carboxylic acids is 1. The minimum absolute atomic E-state index is 0.130. The standard InChI is InChI=1S/C22H26O3S/c1-21(2)11-12-22(3,4)19-13-15(5-10-18(19)21)14-26(25)17-8-6-16(7-9-17)20(23)24/h5-10,13H,11-12,14H2,1-4H3,(H,23,24). The van der Waals surface area contributed by atoms with Gasteiger partial charge in [0.15, 0.2) is 0 Å². The van der Waals surface area contributed by atoms with Crippen LogP contribution in [0.1, 0.15) is 67.6 Å². The van der Waals surface area contributed by atoms with E-state index in [9.17, 15) is 9.00 Å². The third-order valence-electron chi connectivity index (χ3n) is 5.58.